The van der Waals surface area contributed by atoms with Gasteiger partial charge >= 0.3 is 0 Å². The number of benzene rings is 4. The second-order valence-corrected chi connectivity index (χ2v) is 8.72. The first kappa shape index (κ1) is 19.6. The number of ketones is 1. The van der Waals surface area contributed by atoms with E-state index < -0.39 is 0 Å². The Labute approximate surface area is 185 Å². The zero-order valence-electron chi connectivity index (χ0n) is 16.9. The fourth-order valence-electron chi connectivity index (χ4n) is 4.10. The molecule has 1 aliphatic carbocycles. The van der Waals surface area contributed by atoms with Crippen LogP contribution in [0.4, 0.5) is 5.69 Å². The summed E-state index contributed by atoms with van der Waals surface area (Å²) in [7, 11) is 0. The van der Waals surface area contributed by atoms with E-state index in [9.17, 15) is 9.59 Å². The van der Waals surface area contributed by atoms with Crippen LogP contribution in [-0.4, -0.2) is 23.2 Å². The Kier molecular flexibility index (Phi) is 5.31. The highest BCUT2D eigenvalue weighted by Crippen LogP contribution is 2.36. The van der Waals surface area contributed by atoms with Crippen molar-refractivity contribution in [3.8, 4) is 11.1 Å². The summed E-state index contributed by atoms with van der Waals surface area (Å²) < 4.78 is 0. The van der Waals surface area contributed by atoms with Crippen molar-refractivity contribution in [3.63, 3.8) is 0 Å². The molecule has 31 heavy (non-hydrogen) atoms. The molecule has 4 aromatic carbocycles. The van der Waals surface area contributed by atoms with E-state index in [0.29, 0.717) is 5.56 Å². The lowest BCUT2D eigenvalue weighted by Crippen LogP contribution is -2.15. The number of amides is 1. The van der Waals surface area contributed by atoms with E-state index in [4.69, 9.17) is 0 Å². The number of nitrogens with one attached hydrogen (secondary N) is 1. The first-order valence-corrected chi connectivity index (χ1v) is 11.4. The Morgan fingerprint density at radius 2 is 1.52 bits per heavy atom. The third-order valence-corrected chi connectivity index (χ3v) is 6.55. The van der Waals surface area contributed by atoms with E-state index in [1.165, 1.54) is 34.0 Å². The number of rotatable bonds is 6. The van der Waals surface area contributed by atoms with Crippen LogP contribution in [0.5, 0.6) is 0 Å². The van der Waals surface area contributed by atoms with Gasteiger partial charge in [-0.1, -0.05) is 66.7 Å². The van der Waals surface area contributed by atoms with E-state index in [2.05, 4.69) is 23.5 Å². The normalized spacial score (nSPS) is 11.7. The molecule has 0 heterocycles. The smallest absolute Gasteiger partial charge is 0.234 e. The minimum absolute atomic E-state index is 0.0576. The fraction of sp³-hybridized carbons (Fsp3) is 0.111. The number of fused-ring (bicyclic) bond motifs is 4. The van der Waals surface area contributed by atoms with E-state index in [1.54, 1.807) is 0 Å². The molecule has 0 bridgehead atoms. The Morgan fingerprint density at radius 3 is 2.42 bits per heavy atom. The van der Waals surface area contributed by atoms with Crippen molar-refractivity contribution in [2.24, 2.45) is 0 Å². The zero-order chi connectivity index (χ0) is 21.2. The Hall–Kier alpha value is -3.37. The van der Waals surface area contributed by atoms with Crippen LogP contribution in [0, 0.1) is 0 Å². The number of hydrogen-bond donors (Lipinski definition) is 1. The van der Waals surface area contributed by atoms with Crippen molar-refractivity contribution in [2.45, 2.75) is 6.42 Å². The second kappa shape index (κ2) is 8.40. The molecule has 1 aliphatic rings. The molecule has 0 atom stereocenters. The van der Waals surface area contributed by atoms with Crippen molar-refractivity contribution in [2.75, 3.05) is 16.8 Å². The molecule has 0 spiro atoms. The van der Waals surface area contributed by atoms with Gasteiger partial charge in [0.2, 0.25) is 5.91 Å². The molecule has 0 unspecified atom stereocenters. The highest BCUT2D eigenvalue weighted by molar-refractivity contribution is 8.00. The summed E-state index contributed by atoms with van der Waals surface area (Å²) in [5, 5.41) is 5.14. The molecule has 3 nitrogen and oxygen atoms in total. The van der Waals surface area contributed by atoms with E-state index in [-0.39, 0.29) is 23.2 Å². The first-order chi connectivity index (χ1) is 15.2. The lowest BCUT2D eigenvalue weighted by Gasteiger charge is -2.07. The fourth-order valence-corrected chi connectivity index (χ4v) is 4.81. The average molecular weight is 424 g/mol. The van der Waals surface area contributed by atoms with Crippen molar-refractivity contribution in [3.05, 3.63) is 102 Å². The van der Waals surface area contributed by atoms with Crippen molar-refractivity contribution in [1.29, 1.82) is 0 Å². The summed E-state index contributed by atoms with van der Waals surface area (Å²) >= 11 is 1.35. The molecular formula is C27H21NO2S. The largest absolute Gasteiger partial charge is 0.325 e. The van der Waals surface area contributed by atoms with Gasteiger partial charge in [0.25, 0.3) is 0 Å². The van der Waals surface area contributed by atoms with Gasteiger partial charge in [0, 0.05) is 11.3 Å². The van der Waals surface area contributed by atoms with Crippen LogP contribution >= 0.6 is 11.8 Å². The predicted octanol–water partition coefficient (Wildman–Crippen LogP) is 5.97. The number of carbonyl (C=O) groups excluding carboxylic acids is 2. The van der Waals surface area contributed by atoms with E-state index >= 15 is 0 Å². The Balaban J connectivity index is 1.16. The highest BCUT2D eigenvalue weighted by Gasteiger charge is 2.19. The lowest BCUT2D eigenvalue weighted by atomic mass is 10.0. The number of thioether (sulfide) groups is 1. The van der Waals surface area contributed by atoms with Crippen LogP contribution in [0.2, 0.25) is 0 Å². The quantitative estimate of drug-likeness (QED) is 0.343. The molecule has 0 aromatic heterocycles. The third kappa shape index (κ3) is 4.12. The minimum atomic E-state index is -0.0996. The Morgan fingerprint density at radius 1 is 0.742 bits per heavy atom. The summed E-state index contributed by atoms with van der Waals surface area (Å²) in [4.78, 5) is 25.0. The number of anilines is 1. The summed E-state index contributed by atoms with van der Waals surface area (Å²) in [6, 6.07) is 28.2. The molecule has 0 aliphatic heterocycles. The van der Waals surface area contributed by atoms with Gasteiger partial charge in [-0.05, 0) is 57.6 Å². The van der Waals surface area contributed by atoms with Crippen molar-refractivity contribution >= 4 is 39.9 Å². The van der Waals surface area contributed by atoms with Gasteiger partial charge in [-0.3, -0.25) is 9.59 Å². The van der Waals surface area contributed by atoms with Gasteiger partial charge in [0.15, 0.2) is 5.78 Å². The molecule has 0 radical (unpaired) electrons. The van der Waals surface area contributed by atoms with Crippen LogP contribution < -0.4 is 5.32 Å². The highest BCUT2D eigenvalue weighted by atomic mass is 32.2. The predicted molar refractivity (Wildman–Crippen MR) is 129 cm³/mol. The van der Waals surface area contributed by atoms with E-state index in [0.717, 1.165) is 22.9 Å². The van der Waals surface area contributed by atoms with Gasteiger partial charge in [-0.15, -0.1) is 11.8 Å². The van der Waals surface area contributed by atoms with Crippen molar-refractivity contribution in [1.82, 2.24) is 0 Å². The maximum Gasteiger partial charge on any atom is 0.234 e. The van der Waals surface area contributed by atoms with Crippen molar-refractivity contribution < 1.29 is 9.59 Å². The van der Waals surface area contributed by atoms with Crippen LogP contribution in [0.25, 0.3) is 21.9 Å². The molecule has 1 amide bonds. The van der Waals surface area contributed by atoms with Crippen LogP contribution in [0.3, 0.4) is 0 Å². The summed E-state index contributed by atoms with van der Waals surface area (Å²) in [5.41, 5.74) is 6.47. The number of Topliss-reactive ketones (excluding diaryl/α,β-unsaturated/α-hetero) is 1. The zero-order valence-corrected chi connectivity index (χ0v) is 17.7. The molecule has 0 saturated carbocycles. The van der Waals surface area contributed by atoms with Gasteiger partial charge < -0.3 is 5.32 Å². The molecular weight excluding hydrogens is 402 g/mol. The lowest BCUT2D eigenvalue weighted by molar-refractivity contribution is -0.113. The molecule has 4 heteroatoms. The van der Waals surface area contributed by atoms with Crippen LogP contribution in [-0.2, 0) is 11.2 Å². The maximum atomic E-state index is 12.7. The van der Waals surface area contributed by atoms with Gasteiger partial charge in [-0.25, -0.2) is 0 Å². The molecule has 5 rings (SSSR count). The standard InChI is InChI=1S/C27H21NO2S/c29-26(21-10-12-25-22(14-21)13-20-7-3-4-8-24(20)25)16-31-17-27(30)28-23-11-9-18-5-1-2-6-19(18)15-23/h1-12,14-15H,13,16-17H2,(H,28,30). The summed E-state index contributed by atoms with van der Waals surface area (Å²) in [6.07, 6.45) is 0.869. The first-order valence-electron chi connectivity index (χ1n) is 10.3. The minimum Gasteiger partial charge on any atom is -0.325 e. The summed E-state index contributed by atoms with van der Waals surface area (Å²) in [6.45, 7) is 0. The van der Waals surface area contributed by atoms with Gasteiger partial charge in [-0.2, -0.15) is 0 Å². The molecule has 4 aromatic rings. The van der Waals surface area contributed by atoms with Gasteiger partial charge in [0.1, 0.15) is 0 Å². The monoisotopic (exact) mass is 423 g/mol. The second-order valence-electron chi connectivity index (χ2n) is 7.73. The average Bonchev–Trinajstić information content (AvgIpc) is 3.16. The van der Waals surface area contributed by atoms with Crippen LogP contribution in [0.1, 0.15) is 21.5 Å². The number of hydrogen-bond acceptors (Lipinski definition) is 3. The summed E-state index contributed by atoms with van der Waals surface area (Å²) in [5.74, 6) is 0.492. The third-order valence-electron chi connectivity index (χ3n) is 5.62. The van der Waals surface area contributed by atoms with E-state index in [1.807, 2.05) is 66.7 Å². The Bertz CT molecular complexity index is 1310. The molecule has 152 valence electrons. The topological polar surface area (TPSA) is 46.2 Å². The maximum absolute atomic E-state index is 12.7. The van der Waals surface area contributed by atoms with Crippen LogP contribution in [0.15, 0.2) is 84.9 Å². The number of carbonyl (C=O) groups is 2. The molecule has 0 fully saturated rings. The SMILES string of the molecule is O=C(CSCC(=O)c1ccc2c(c1)Cc1ccccc1-2)Nc1ccc2ccccc2c1. The molecule has 0 saturated heterocycles. The van der Waals surface area contributed by atoms with Gasteiger partial charge in [0.05, 0.1) is 11.5 Å². The molecule has 1 N–H and O–H groups in total.